The third-order valence-corrected chi connectivity index (χ3v) is 4.89. The van der Waals surface area contributed by atoms with Crippen LogP contribution >= 0.6 is 24.0 Å². The predicted molar refractivity (Wildman–Crippen MR) is 129 cm³/mol. The third-order valence-electron chi connectivity index (χ3n) is 4.89. The van der Waals surface area contributed by atoms with E-state index in [0.717, 1.165) is 51.6 Å². The van der Waals surface area contributed by atoms with E-state index in [1.165, 1.54) is 11.1 Å². The van der Waals surface area contributed by atoms with E-state index in [1.807, 2.05) is 4.90 Å². The minimum Gasteiger partial charge on any atom is -0.385 e. The number of hydrogen-bond acceptors (Lipinski definition) is 4. The van der Waals surface area contributed by atoms with E-state index < -0.39 is 0 Å². The number of methoxy groups -OCH3 is 1. The molecule has 1 heterocycles. The summed E-state index contributed by atoms with van der Waals surface area (Å²) in [5.41, 5.74) is 2.36. The minimum atomic E-state index is 0. The SMILES string of the molecule is CN=C(NCCN(C)CCCOC)NCc1cccc(CN2CCCC2=O)c1.I. The molecule has 0 unspecified atom stereocenters. The van der Waals surface area contributed by atoms with Crippen molar-refractivity contribution in [2.24, 2.45) is 4.99 Å². The molecule has 1 aliphatic heterocycles. The van der Waals surface area contributed by atoms with Crippen molar-refractivity contribution in [3.63, 3.8) is 0 Å². The van der Waals surface area contributed by atoms with Crippen LogP contribution < -0.4 is 10.6 Å². The maximum absolute atomic E-state index is 11.8. The Morgan fingerprint density at radius 3 is 2.76 bits per heavy atom. The monoisotopic (exact) mass is 517 g/mol. The number of carbonyl (C=O) groups is 1. The Hall–Kier alpha value is -1.39. The molecule has 0 atom stereocenters. The fourth-order valence-electron chi connectivity index (χ4n) is 3.29. The zero-order valence-corrected chi connectivity index (χ0v) is 20.3. The number of rotatable bonds is 11. The van der Waals surface area contributed by atoms with Crippen LogP contribution in [0.1, 0.15) is 30.4 Å². The first-order valence-corrected chi connectivity index (χ1v) is 10.1. The summed E-state index contributed by atoms with van der Waals surface area (Å²) in [6.07, 6.45) is 2.70. The number of guanidine groups is 1. The van der Waals surface area contributed by atoms with Gasteiger partial charge in [0.25, 0.3) is 0 Å². The number of nitrogens with zero attached hydrogens (tertiary/aromatic N) is 3. The zero-order valence-electron chi connectivity index (χ0n) is 17.9. The highest BCUT2D eigenvalue weighted by Crippen LogP contribution is 2.15. The second-order valence-electron chi connectivity index (χ2n) is 7.24. The van der Waals surface area contributed by atoms with Crippen molar-refractivity contribution in [1.29, 1.82) is 0 Å². The quantitative estimate of drug-likeness (QED) is 0.204. The zero-order chi connectivity index (χ0) is 20.2. The molecule has 29 heavy (non-hydrogen) atoms. The van der Waals surface area contributed by atoms with Gasteiger partial charge in [-0.15, -0.1) is 24.0 Å². The predicted octanol–water partition coefficient (Wildman–Crippen LogP) is 2.06. The number of carbonyl (C=O) groups excluding carboxylic acids is 1. The molecule has 0 spiro atoms. The largest absolute Gasteiger partial charge is 0.385 e. The van der Waals surface area contributed by atoms with Crippen molar-refractivity contribution >= 4 is 35.8 Å². The van der Waals surface area contributed by atoms with Gasteiger partial charge in [0.2, 0.25) is 5.91 Å². The Bertz CT molecular complexity index is 641. The van der Waals surface area contributed by atoms with Gasteiger partial charge in [0, 0.05) is 66.5 Å². The number of halogens is 1. The number of likely N-dealkylation sites (tertiary alicyclic amines) is 1. The Balaban J connectivity index is 0.00000420. The summed E-state index contributed by atoms with van der Waals surface area (Å²) < 4.78 is 5.09. The van der Waals surface area contributed by atoms with E-state index in [9.17, 15) is 4.79 Å². The van der Waals surface area contributed by atoms with Crippen LogP contribution in [0.4, 0.5) is 0 Å². The van der Waals surface area contributed by atoms with E-state index in [2.05, 4.69) is 51.8 Å². The van der Waals surface area contributed by atoms with Gasteiger partial charge in [-0.25, -0.2) is 0 Å². The Morgan fingerprint density at radius 2 is 2.07 bits per heavy atom. The summed E-state index contributed by atoms with van der Waals surface area (Å²) in [5, 5.41) is 6.71. The van der Waals surface area contributed by atoms with Gasteiger partial charge in [-0.1, -0.05) is 24.3 Å². The van der Waals surface area contributed by atoms with Crippen LogP contribution in [-0.2, 0) is 22.6 Å². The summed E-state index contributed by atoms with van der Waals surface area (Å²) in [7, 11) is 5.63. The fourth-order valence-corrected chi connectivity index (χ4v) is 3.29. The molecule has 1 fully saturated rings. The maximum Gasteiger partial charge on any atom is 0.222 e. The summed E-state index contributed by atoms with van der Waals surface area (Å²) in [6.45, 7) is 5.88. The first kappa shape index (κ1) is 25.6. The number of ether oxygens (including phenoxy) is 1. The first-order chi connectivity index (χ1) is 13.6. The minimum absolute atomic E-state index is 0. The van der Waals surface area contributed by atoms with E-state index in [-0.39, 0.29) is 29.9 Å². The lowest BCUT2D eigenvalue weighted by atomic mass is 10.1. The average molecular weight is 517 g/mol. The van der Waals surface area contributed by atoms with Crippen molar-refractivity contribution in [1.82, 2.24) is 20.4 Å². The van der Waals surface area contributed by atoms with E-state index >= 15 is 0 Å². The van der Waals surface area contributed by atoms with Crippen molar-refractivity contribution in [3.8, 4) is 0 Å². The Labute approximate surface area is 192 Å². The van der Waals surface area contributed by atoms with Gasteiger partial charge in [-0.3, -0.25) is 9.79 Å². The molecule has 2 rings (SSSR count). The molecule has 164 valence electrons. The standard InChI is InChI=1S/C21H35N5O2.HI/c1-22-21(23-10-13-25(2)11-6-14-28-3)24-16-18-7-4-8-19(15-18)17-26-12-5-9-20(26)27;/h4,7-8,15H,5-6,9-14,16-17H2,1-3H3,(H2,22,23,24);1H. The second-order valence-corrected chi connectivity index (χ2v) is 7.24. The van der Waals surface area contributed by atoms with Crippen molar-refractivity contribution < 1.29 is 9.53 Å². The molecule has 1 amide bonds. The molecule has 0 radical (unpaired) electrons. The summed E-state index contributed by atoms with van der Waals surface area (Å²) in [6, 6.07) is 8.40. The topological polar surface area (TPSA) is 69.2 Å². The average Bonchev–Trinajstić information content (AvgIpc) is 3.09. The summed E-state index contributed by atoms with van der Waals surface area (Å²) in [5.74, 6) is 1.06. The van der Waals surface area contributed by atoms with Crippen LogP contribution in [-0.4, -0.2) is 75.7 Å². The maximum atomic E-state index is 11.8. The molecule has 0 saturated carbocycles. The van der Waals surface area contributed by atoms with Gasteiger partial charge in [0.1, 0.15) is 0 Å². The number of likely N-dealkylation sites (N-methyl/N-ethyl adjacent to an activating group) is 1. The number of aliphatic imine (C=N–C) groups is 1. The smallest absolute Gasteiger partial charge is 0.222 e. The van der Waals surface area contributed by atoms with E-state index in [4.69, 9.17) is 4.74 Å². The number of benzene rings is 1. The van der Waals surface area contributed by atoms with Gasteiger partial charge in [0.05, 0.1) is 0 Å². The van der Waals surface area contributed by atoms with Crippen LogP contribution in [0.15, 0.2) is 29.3 Å². The van der Waals surface area contributed by atoms with Crippen LogP contribution in [0, 0.1) is 0 Å². The summed E-state index contributed by atoms with van der Waals surface area (Å²) in [4.78, 5) is 20.3. The molecule has 7 nitrogen and oxygen atoms in total. The lowest BCUT2D eigenvalue weighted by molar-refractivity contribution is -0.128. The number of nitrogens with one attached hydrogen (secondary N) is 2. The Kier molecular flexibility index (Phi) is 12.9. The lowest BCUT2D eigenvalue weighted by Gasteiger charge is -2.18. The summed E-state index contributed by atoms with van der Waals surface area (Å²) >= 11 is 0. The number of amides is 1. The highest BCUT2D eigenvalue weighted by atomic mass is 127. The van der Waals surface area contributed by atoms with Crippen molar-refractivity contribution in [3.05, 3.63) is 35.4 Å². The molecule has 8 heteroatoms. The molecule has 2 N–H and O–H groups in total. The van der Waals surface area contributed by atoms with Crippen LogP contribution in [0.5, 0.6) is 0 Å². The number of hydrogen-bond donors (Lipinski definition) is 2. The molecule has 1 aromatic carbocycles. The second kappa shape index (κ2) is 14.6. The van der Waals surface area contributed by atoms with Crippen LogP contribution in [0.2, 0.25) is 0 Å². The molecule has 0 bridgehead atoms. The fraction of sp³-hybridized carbons (Fsp3) is 0.619. The van der Waals surface area contributed by atoms with E-state index in [1.54, 1.807) is 14.2 Å². The van der Waals surface area contributed by atoms with E-state index in [0.29, 0.717) is 19.5 Å². The van der Waals surface area contributed by atoms with Gasteiger partial charge in [-0.2, -0.15) is 0 Å². The van der Waals surface area contributed by atoms with Crippen molar-refractivity contribution in [2.75, 3.05) is 54.0 Å². The third kappa shape index (κ3) is 9.77. The molecular weight excluding hydrogens is 481 g/mol. The molecule has 1 saturated heterocycles. The molecule has 0 aromatic heterocycles. The first-order valence-electron chi connectivity index (χ1n) is 10.1. The van der Waals surface area contributed by atoms with Crippen LogP contribution in [0.25, 0.3) is 0 Å². The normalized spacial score (nSPS) is 14.3. The van der Waals surface area contributed by atoms with Gasteiger partial charge < -0.3 is 25.2 Å². The van der Waals surface area contributed by atoms with Gasteiger partial charge in [-0.05, 0) is 31.0 Å². The molecular formula is C21H36IN5O2. The molecule has 0 aliphatic carbocycles. The van der Waals surface area contributed by atoms with Gasteiger partial charge in [0.15, 0.2) is 5.96 Å². The van der Waals surface area contributed by atoms with Crippen molar-refractivity contribution in [2.45, 2.75) is 32.4 Å². The highest BCUT2D eigenvalue weighted by Gasteiger charge is 2.19. The van der Waals surface area contributed by atoms with Gasteiger partial charge >= 0.3 is 0 Å². The van der Waals surface area contributed by atoms with Crippen LogP contribution in [0.3, 0.4) is 0 Å². The Morgan fingerprint density at radius 1 is 1.28 bits per heavy atom. The highest BCUT2D eigenvalue weighted by molar-refractivity contribution is 14.0. The lowest BCUT2D eigenvalue weighted by Crippen LogP contribution is -2.40. The molecule has 1 aromatic rings. The molecule has 1 aliphatic rings.